The molecule has 0 amide bonds. The number of halogens is 1. The first-order valence-electron chi connectivity index (χ1n) is 6.23. The van der Waals surface area contributed by atoms with E-state index in [0.29, 0.717) is 0 Å². The van der Waals surface area contributed by atoms with Gasteiger partial charge in [-0.25, -0.2) is 0 Å². The molecule has 1 aromatic heterocycles. The zero-order valence-corrected chi connectivity index (χ0v) is 13.3. The molecule has 0 saturated heterocycles. The average molecular weight is 337 g/mol. The lowest BCUT2D eigenvalue weighted by atomic mass is 10.1. The molecule has 106 valence electrons. The third-order valence-corrected chi connectivity index (χ3v) is 3.68. The van der Waals surface area contributed by atoms with E-state index in [1.165, 1.54) is 0 Å². The predicted octanol–water partition coefficient (Wildman–Crippen LogP) is 4.03. The fourth-order valence-electron chi connectivity index (χ4n) is 1.93. The van der Waals surface area contributed by atoms with E-state index in [-0.39, 0.29) is 6.04 Å². The fourth-order valence-corrected chi connectivity index (χ4v) is 2.30. The van der Waals surface area contributed by atoms with Gasteiger partial charge in [-0.2, -0.15) is 0 Å². The fraction of sp³-hybridized carbons (Fsp3) is 0.267. The molecule has 1 heterocycles. The van der Waals surface area contributed by atoms with Crippen molar-refractivity contribution < 1.29 is 9.47 Å². The molecule has 0 saturated carbocycles. The SMILES string of the molecule is COc1ccc(C(C)Nc2ccncc2Br)cc1OC. The lowest BCUT2D eigenvalue weighted by Crippen LogP contribution is -2.07. The van der Waals surface area contributed by atoms with E-state index >= 15 is 0 Å². The van der Waals surface area contributed by atoms with Crippen LogP contribution in [0.4, 0.5) is 5.69 Å². The number of benzene rings is 1. The Morgan fingerprint density at radius 3 is 2.55 bits per heavy atom. The van der Waals surface area contributed by atoms with Gasteiger partial charge in [0, 0.05) is 18.4 Å². The summed E-state index contributed by atoms with van der Waals surface area (Å²) in [5.74, 6) is 1.46. The quantitative estimate of drug-likeness (QED) is 0.894. The number of nitrogens with zero attached hydrogens (tertiary/aromatic N) is 1. The van der Waals surface area contributed by atoms with Gasteiger partial charge < -0.3 is 14.8 Å². The minimum absolute atomic E-state index is 0.133. The molecular weight excluding hydrogens is 320 g/mol. The van der Waals surface area contributed by atoms with Gasteiger partial charge in [0.25, 0.3) is 0 Å². The van der Waals surface area contributed by atoms with Crippen LogP contribution in [0.25, 0.3) is 0 Å². The minimum atomic E-state index is 0.133. The van der Waals surface area contributed by atoms with Gasteiger partial charge in [0.15, 0.2) is 11.5 Å². The topological polar surface area (TPSA) is 43.4 Å². The summed E-state index contributed by atoms with van der Waals surface area (Å²) in [6, 6.07) is 7.98. The van der Waals surface area contributed by atoms with Gasteiger partial charge in [0.2, 0.25) is 0 Å². The molecule has 4 nitrogen and oxygen atoms in total. The highest BCUT2D eigenvalue weighted by atomic mass is 79.9. The second kappa shape index (κ2) is 6.61. The summed E-state index contributed by atoms with van der Waals surface area (Å²) in [4.78, 5) is 4.05. The van der Waals surface area contributed by atoms with Crippen molar-refractivity contribution in [1.29, 1.82) is 0 Å². The summed E-state index contributed by atoms with van der Waals surface area (Å²) in [5.41, 5.74) is 2.12. The molecule has 1 N–H and O–H groups in total. The van der Waals surface area contributed by atoms with Crippen LogP contribution in [0.15, 0.2) is 41.1 Å². The number of nitrogens with one attached hydrogen (secondary N) is 1. The van der Waals surface area contributed by atoms with E-state index < -0.39 is 0 Å². The largest absolute Gasteiger partial charge is 0.493 e. The van der Waals surface area contributed by atoms with Crippen molar-refractivity contribution in [2.75, 3.05) is 19.5 Å². The summed E-state index contributed by atoms with van der Waals surface area (Å²) >= 11 is 3.48. The van der Waals surface area contributed by atoms with Crippen molar-refractivity contribution >= 4 is 21.6 Å². The number of hydrogen-bond donors (Lipinski definition) is 1. The van der Waals surface area contributed by atoms with Crippen molar-refractivity contribution in [3.05, 3.63) is 46.7 Å². The highest BCUT2D eigenvalue weighted by molar-refractivity contribution is 9.10. The van der Waals surface area contributed by atoms with Crippen LogP contribution in [-0.2, 0) is 0 Å². The summed E-state index contributed by atoms with van der Waals surface area (Å²) < 4.78 is 11.5. The molecule has 2 aromatic rings. The number of rotatable bonds is 5. The van der Waals surface area contributed by atoms with Gasteiger partial charge in [0.1, 0.15) is 0 Å². The number of aromatic nitrogens is 1. The molecule has 5 heteroatoms. The molecule has 1 atom stereocenters. The number of pyridine rings is 1. The molecule has 20 heavy (non-hydrogen) atoms. The Balaban J connectivity index is 2.21. The van der Waals surface area contributed by atoms with Crippen LogP contribution in [0, 0.1) is 0 Å². The third-order valence-electron chi connectivity index (χ3n) is 3.05. The first-order chi connectivity index (χ1) is 9.65. The molecule has 1 aromatic carbocycles. The molecule has 0 fully saturated rings. The van der Waals surface area contributed by atoms with Crippen molar-refractivity contribution in [3.8, 4) is 11.5 Å². The van der Waals surface area contributed by atoms with Gasteiger partial charge in [-0.15, -0.1) is 0 Å². The van der Waals surface area contributed by atoms with Crippen LogP contribution >= 0.6 is 15.9 Å². The molecule has 1 unspecified atom stereocenters. The van der Waals surface area contributed by atoms with E-state index in [0.717, 1.165) is 27.2 Å². The molecule has 0 radical (unpaired) electrons. The van der Waals surface area contributed by atoms with E-state index in [4.69, 9.17) is 9.47 Å². The lowest BCUT2D eigenvalue weighted by molar-refractivity contribution is 0.354. The Morgan fingerprint density at radius 1 is 1.15 bits per heavy atom. The number of anilines is 1. The highest BCUT2D eigenvalue weighted by Gasteiger charge is 2.11. The maximum absolute atomic E-state index is 5.33. The molecule has 2 rings (SSSR count). The van der Waals surface area contributed by atoms with Crippen LogP contribution in [0.2, 0.25) is 0 Å². The van der Waals surface area contributed by atoms with Gasteiger partial charge >= 0.3 is 0 Å². The number of ether oxygens (including phenoxy) is 2. The van der Waals surface area contributed by atoms with E-state index in [1.54, 1.807) is 26.6 Å². The molecule has 0 spiro atoms. The molecule has 0 aliphatic heterocycles. The van der Waals surface area contributed by atoms with E-state index in [2.05, 4.69) is 33.2 Å². The summed E-state index contributed by atoms with van der Waals surface area (Å²) in [7, 11) is 3.27. The Morgan fingerprint density at radius 2 is 1.90 bits per heavy atom. The zero-order chi connectivity index (χ0) is 14.5. The maximum atomic E-state index is 5.33. The van der Waals surface area contributed by atoms with Crippen molar-refractivity contribution in [1.82, 2.24) is 4.98 Å². The standard InChI is InChI=1S/C15H17BrN2O2/c1-10(18-13-6-7-17-9-12(13)16)11-4-5-14(19-2)15(8-11)20-3/h4-10H,1-3H3,(H,17,18). The smallest absolute Gasteiger partial charge is 0.161 e. The summed E-state index contributed by atoms with van der Waals surface area (Å²) in [6.45, 7) is 2.09. The number of methoxy groups -OCH3 is 2. The predicted molar refractivity (Wildman–Crippen MR) is 83.5 cm³/mol. The number of hydrogen-bond acceptors (Lipinski definition) is 4. The van der Waals surface area contributed by atoms with Crippen molar-refractivity contribution in [3.63, 3.8) is 0 Å². The molecule has 0 aliphatic rings. The van der Waals surface area contributed by atoms with Crippen LogP contribution in [0.5, 0.6) is 11.5 Å². The Hall–Kier alpha value is -1.75. The first-order valence-corrected chi connectivity index (χ1v) is 7.03. The zero-order valence-electron chi connectivity index (χ0n) is 11.7. The van der Waals surface area contributed by atoms with Crippen LogP contribution in [-0.4, -0.2) is 19.2 Å². The average Bonchev–Trinajstić information content (AvgIpc) is 2.48. The Kier molecular flexibility index (Phi) is 4.84. The van der Waals surface area contributed by atoms with Crippen molar-refractivity contribution in [2.45, 2.75) is 13.0 Å². The first kappa shape index (κ1) is 14.7. The van der Waals surface area contributed by atoms with E-state index in [9.17, 15) is 0 Å². The normalized spacial score (nSPS) is 11.8. The monoisotopic (exact) mass is 336 g/mol. The summed E-state index contributed by atoms with van der Waals surface area (Å²) in [6.07, 6.45) is 3.53. The minimum Gasteiger partial charge on any atom is -0.493 e. The summed E-state index contributed by atoms with van der Waals surface area (Å²) in [5, 5.41) is 3.43. The molecule has 0 bridgehead atoms. The second-order valence-corrected chi connectivity index (χ2v) is 5.19. The molecule has 0 aliphatic carbocycles. The highest BCUT2D eigenvalue weighted by Crippen LogP contribution is 2.32. The third kappa shape index (κ3) is 3.22. The van der Waals surface area contributed by atoms with Gasteiger partial charge in [-0.1, -0.05) is 6.07 Å². The van der Waals surface area contributed by atoms with Crippen LogP contribution < -0.4 is 14.8 Å². The van der Waals surface area contributed by atoms with Gasteiger partial charge in [0.05, 0.1) is 24.4 Å². The second-order valence-electron chi connectivity index (χ2n) is 4.34. The van der Waals surface area contributed by atoms with Gasteiger partial charge in [-0.05, 0) is 46.6 Å². The molecular formula is C15H17BrN2O2. The van der Waals surface area contributed by atoms with E-state index in [1.807, 2.05) is 24.3 Å². The Bertz CT molecular complexity index is 590. The lowest BCUT2D eigenvalue weighted by Gasteiger charge is -2.18. The van der Waals surface area contributed by atoms with Gasteiger partial charge in [-0.3, -0.25) is 4.98 Å². The van der Waals surface area contributed by atoms with Crippen molar-refractivity contribution in [2.24, 2.45) is 0 Å². The Labute approximate surface area is 127 Å². The van der Waals surface area contributed by atoms with Crippen LogP contribution in [0.1, 0.15) is 18.5 Å². The maximum Gasteiger partial charge on any atom is 0.161 e. The van der Waals surface area contributed by atoms with Crippen LogP contribution in [0.3, 0.4) is 0 Å².